The summed E-state index contributed by atoms with van der Waals surface area (Å²) >= 11 is 0. The number of carboxylic acids is 2. The van der Waals surface area contributed by atoms with Crippen molar-refractivity contribution in [2.24, 2.45) is 0 Å². The van der Waals surface area contributed by atoms with Crippen LogP contribution < -0.4 is 10.2 Å². The molecule has 0 aliphatic carbocycles. The second kappa shape index (κ2) is 7.03. The maximum Gasteiger partial charge on any atom is 2.00 e. The van der Waals surface area contributed by atoms with Gasteiger partial charge in [0.25, 0.3) is 0 Å². The second-order valence-corrected chi connectivity index (χ2v) is 2.83. The third-order valence-corrected chi connectivity index (χ3v) is 1.64. The van der Waals surface area contributed by atoms with E-state index >= 15 is 0 Å². The van der Waals surface area contributed by atoms with Crippen molar-refractivity contribution >= 4 is 11.9 Å². The summed E-state index contributed by atoms with van der Waals surface area (Å²) < 4.78 is 0. The molecule has 10 nitrogen and oxygen atoms in total. The minimum absolute atomic E-state index is 0. The van der Waals surface area contributed by atoms with Crippen LogP contribution in [0, 0.1) is 0 Å². The molecule has 4 N–H and O–H groups in total. The van der Waals surface area contributed by atoms with Crippen LogP contribution in [0.2, 0.25) is 0 Å². The number of H-pyrrole nitrogens is 2. The SMILES string of the molecule is O=C(O)c1[nH]ncc1[O-].O=C(O)c1[nH]ncc1[O-].[Mn+2]. The second-order valence-electron chi connectivity index (χ2n) is 2.83. The van der Waals surface area contributed by atoms with Gasteiger partial charge in [0.05, 0.1) is 0 Å². The van der Waals surface area contributed by atoms with Gasteiger partial charge in [0.15, 0.2) is 0 Å². The van der Waals surface area contributed by atoms with Crippen molar-refractivity contribution in [3.05, 3.63) is 23.8 Å². The minimum atomic E-state index is -1.28. The standard InChI is InChI=1S/2C4H4N2O3.Mn/c2*7-2-1-5-6-3(2)4(8)9;/h2*1,7H,(H,5,6)(H,8,9);/q;;+2/p-2. The zero-order valence-electron chi connectivity index (χ0n) is 8.95. The van der Waals surface area contributed by atoms with Crippen molar-refractivity contribution in [1.82, 2.24) is 20.4 Å². The van der Waals surface area contributed by atoms with Crippen LogP contribution >= 0.6 is 0 Å². The summed E-state index contributed by atoms with van der Waals surface area (Å²) in [4.78, 5) is 20.0. The molecule has 0 fully saturated rings. The van der Waals surface area contributed by atoms with Gasteiger partial charge in [0.2, 0.25) is 0 Å². The average molecular weight is 309 g/mol. The van der Waals surface area contributed by atoms with E-state index in [9.17, 15) is 19.8 Å². The molecule has 0 saturated heterocycles. The molecule has 0 unspecified atom stereocenters. The Morgan fingerprint density at radius 2 is 1.26 bits per heavy atom. The van der Waals surface area contributed by atoms with Crippen molar-refractivity contribution in [3.8, 4) is 11.5 Å². The molecule has 0 aromatic carbocycles. The van der Waals surface area contributed by atoms with Crippen LogP contribution in [0.5, 0.6) is 11.5 Å². The van der Waals surface area contributed by atoms with Crippen LogP contribution in [0.25, 0.3) is 0 Å². The Kier molecular flexibility index (Phi) is 6.10. The normalized spacial score (nSPS) is 8.84. The van der Waals surface area contributed by atoms with Gasteiger partial charge in [-0.15, -0.1) is 0 Å². The maximum atomic E-state index is 10.4. The molecule has 0 aliphatic rings. The van der Waals surface area contributed by atoms with E-state index in [1.165, 1.54) is 0 Å². The average Bonchev–Trinajstić information content (AvgIpc) is 2.87. The molecule has 2 aromatic rings. The maximum absolute atomic E-state index is 10.4. The first-order valence-electron chi connectivity index (χ1n) is 4.30. The van der Waals surface area contributed by atoms with Gasteiger partial charge in [-0.3, -0.25) is 10.2 Å². The van der Waals surface area contributed by atoms with Crippen molar-refractivity contribution in [3.63, 3.8) is 0 Å². The van der Waals surface area contributed by atoms with E-state index in [1.807, 2.05) is 10.2 Å². The molecule has 0 aliphatic heterocycles. The largest absolute Gasteiger partial charge is 2.00 e. The van der Waals surface area contributed by atoms with Gasteiger partial charge in [0.1, 0.15) is 11.4 Å². The molecule has 2 heterocycles. The Balaban J connectivity index is 0.000000324. The third kappa shape index (κ3) is 4.33. The van der Waals surface area contributed by atoms with E-state index in [0.29, 0.717) is 0 Å². The van der Waals surface area contributed by atoms with E-state index in [-0.39, 0.29) is 17.1 Å². The quantitative estimate of drug-likeness (QED) is 0.477. The van der Waals surface area contributed by atoms with Crippen molar-refractivity contribution in [2.75, 3.05) is 0 Å². The molecule has 11 heteroatoms. The first-order valence-corrected chi connectivity index (χ1v) is 4.30. The number of aromatic carboxylic acids is 2. The molecule has 2 rings (SSSR count). The molecule has 0 spiro atoms. The van der Waals surface area contributed by atoms with Gasteiger partial charge in [-0.1, -0.05) is 11.5 Å². The molecular weight excluding hydrogens is 303 g/mol. The van der Waals surface area contributed by atoms with Gasteiger partial charge in [0, 0.05) is 12.4 Å². The van der Waals surface area contributed by atoms with E-state index < -0.39 is 34.8 Å². The van der Waals surface area contributed by atoms with E-state index in [1.54, 1.807) is 0 Å². The van der Waals surface area contributed by atoms with Crippen molar-refractivity contribution < 1.29 is 47.1 Å². The van der Waals surface area contributed by atoms with E-state index in [0.717, 1.165) is 12.4 Å². The predicted octanol–water partition coefficient (Wildman–Crippen LogP) is -1.64. The number of nitrogens with zero attached hydrogens (tertiary/aromatic N) is 2. The van der Waals surface area contributed by atoms with Gasteiger partial charge in [-0.25, -0.2) is 9.59 Å². The summed E-state index contributed by atoms with van der Waals surface area (Å²) in [6, 6.07) is 0. The molecular formula is C8H6MnN4O6. The molecule has 19 heavy (non-hydrogen) atoms. The smallest absolute Gasteiger partial charge is 0.870 e. The summed E-state index contributed by atoms with van der Waals surface area (Å²) in [6.45, 7) is 0. The van der Waals surface area contributed by atoms with Crippen molar-refractivity contribution in [1.29, 1.82) is 0 Å². The van der Waals surface area contributed by atoms with E-state index in [2.05, 4.69) is 10.2 Å². The number of carboxylic acid groups (broad SMARTS) is 2. The van der Waals surface area contributed by atoms with Crippen LogP contribution in [0.15, 0.2) is 12.4 Å². The minimum Gasteiger partial charge on any atom is -0.870 e. The van der Waals surface area contributed by atoms with Crippen LogP contribution in [-0.4, -0.2) is 42.5 Å². The van der Waals surface area contributed by atoms with Gasteiger partial charge >= 0.3 is 29.0 Å². The Bertz CT molecular complexity index is 515. The summed E-state index contributed by atoms with van der Waals surface area (Å²) in [5.41, 5.74) is -0.787. The molecule has 1 radical (unpaired) electrons. The number of nitrogens with one attached hydrogen (secondary N) is 2. The van der Waals surface area contributed by atoms with Crippen LogP contribution in [0.4, 0.5) is 0 Å². The Morgan fingerprint density at radius 3 is 1.37 bits per heavy atom. The molecule has 101 valence electrons. The Hall–Kier alpha value is -2.52. The summed E-state index contributed by atoms with van der Waals surface area (Å²) in [5.74, 6) is -3.75. The topological polar surface area (TPSA) is 178 Å². The fourth-order valence-electron chi connectivity index (χ4n) is 0.857. The molecule has 0 bridgehead atoms. The number of hydrogen-bond donors (Lipinski definition) is 4. The number of aromatic amines is 2. The van der Waals surface area contributed by atoms with Crippen LogP contribution in [-0.2, 0) is 17.1 Å². The third-order valence-electron chi connectivity index (χ3n) is 1.64. The van der Waals surface area contributed by atoms with Gasteiger partial charge in [-0.05, 0) is 0 Å². The molecule has 0 atom stereocenters. The molecule has 0 saturated carbocycles. The number of aromatic nitrogens is 4. The number of carbonyl (C=O) groups is 2. The number of rotatable bonds is 2. The monoisotopic (exact) mass is 309 g/mol. The number of hydrogen-bond acceptors (Lipinski definition) is 6. The summed E-state index contributed by atoms with van der Waals surface area (Å²) in [5, 5.41) is 47.7. The first-order chi connectivity index (χ1) is 8.43. The van der Waals surface area contributed by atoms with Gasteiger partial charge < -0.3 is 20.4 Å². The van der Waals surface area contributed by atoms with Crippen LogP contribution in [0.1, 0.15) is 21.0 Å². The van der Waals surface area contributed by atoms with Crippen LogP contribution in [0.3, 0.4) is 0 Å². The zero-order chi connectivity index (χ0) is 13.7. The predicted molar refractivity (Wildman–Crippen MR) is 50.0 cm³/mol. The fourth-order valence-corrected chi connectivity index (χ4v) is 0.857. The summed E-state index contributed by atoms with van der Waals surface area (Å²) in [6.07, 6.45) is 1.84. The van der Waals surface area contributed by atoms with Gasteiger partial charge in [-0.2, -0.15) is 10.2 Å². The zero-order valence-corrected chi connectivity index (χ0v) is 10.1. The summed E-state index contributed by atoms with van der Waals surface area (Å²) in [7, 11) is 0. The Morgan fingerprint density at radius 1 is 0.947 bits per heavy atom. The van der Waals surface area contributed by atoms with Crippen molar-refractivity contribution in [2.45, 2.75) is 0 Å². The first kappa shape index (κ1) is 16.5. The molecule has 0 amide bonds. The fraction of sp³-hybridized carbons (Fsp3) is 0. The van der Waals surface area contributed by atoms with E-state index in [4.69, 9.17) is 10.2 Å². The Labute approximate surface area is 115 Å². The molecule has 2 aromatic heterocycles.